The Labute approximate surface area is 96.4 Å². The van der Waals surface area contributed by atoms with Gasteiger partial charge in [0.15, 0.2) is 0 Å². The molecular weight excluding hydrogens is 202 g/mol. The molecule has 1 aromatic carbocycles. The molecule has 0 unspecified atom stereocenters. The Morgan fingerprint density at radius 1 is 1.50 bits per heavy atom. The molecule has 0 atom stereocenters. The molecule has 2 N–H and O–H groups in total. The number of terminal acetylenes is 1. The van der Waals surface area contributed by atoms with E-state index in [1.807, 2.05) is 19.9 Å². The number of methoxy groups -OCH3 is 1. The van der Waals surface area contributed by atoms with Crippen molar-refractivity contribution in [3.05, 3.63) is 23.8 Å². The number of ether oxygens (including phenoxy) is 1. The topological polar surface area (TPSA) is 41.5 Å². The van der Waals surface area contributed by atoms with Crippen LogP contribution >= 0.6 is 0 Å². The van der Waals surface area contributed by atoms with Gasteiger partial charge in [-0.1, -0.05) is 12.0 Å². The molecule has 0 aromatic heterocycles. The average Bonchev–Trinajstić information content (AvgIpc) is 2.27. The van der Waals surface area contributed by atoms with Crippen LogP contribution < -0.4 is 10.1 Å². The van der Waals surface area contributed by atoms with Gasteiger partial charge in [0.05, 0.1) is 12.6 Å². The van der Waals surface area contributed by atoms with E-state index in [2.05, 4.69) is 11.2 Å². The first kappa shape index (κ1) is 12.4. The first-order valence-corrected chi connectivity index (χ1v) is 5.07. The third-order valence-electron chi connectivity index (χ3n) is 2.37. The van der Waals surface area contributed by atoms with Gasteiger partial charge in [0.2, 0.25) is 0 Å². The normalized spacial score (nSPS) is 10.9. The van der Waals surface area contributed by atoms with Crippen LogP contribution in [0.25, 0.3) is 0 Å². The van der Waals surface area contributed by atoms with Crippen LogP contribution in [0.1, 0.15) is 19.4 Å². The number of phenolic OH excluding ortho intramolecular Hbond substituents is 1. The molecule has 0 amide bonds. The summed E-state index contributed by atoms with van der Waals surface area (Å²) in [6, 6.07) is 5.20. The minimum absolute atomic E-state index is 0.208. The fourth-order valence-corrected chi connectivity index (χ4v) is 1.19. The Morgan fingerprint density at radius 2 is 2.19 bits per heavy atom. The summed E-state index contributed by atoms with van der Waals surface area (Å²) in [7, 11) is 1.56. The van der Waals surface area contributed by atoms with Crippen molar-refractivity contribution in [2.45, 2.75) is 25.9 Å². The fourth-order valence-electron chi connectivity index (χ4n) is 1.19. The molecule has 0 aliphatic rings. The zero-order valence-electron chi connectivity index (χ0n) is 9.87. The molecule has 0 fully saturated rings. The zero-order chi connectivity index (χ0) is 12.2. The SMILES string of the molecule is C#CC(C)(C)NCc1ccc(OC)cc1O. The van der Waals surface area contributed by atoms with E-state index in [-0.39, 0.29) is 11.3 Å². The third kappa shape index (κ3) is 3.18. The third-order valence-corrected chi connectivity index (χ3v) is 2.37. The minimum Gasteiger partial charge on any atom is -0.507 e. The van der Waals surface area contributed by atoms with E-state index >= 15 is 0 Å². The van der Waals surface area contributed by atoms with Crippen molar-refractivity contribution >= 4 is 0 Å². The lowest BCUT2D eigenvalue weighted by Gasteiger charge is -2.20. The van der Waals surface area contributed by atoms with Crippen LogP contribution in [0.4, 0.5) is 0 Å². The van der Waals surface area contributed by atoms with Crippen LogP contribution in [0.2, 0.25) is 0 Å². The lowest BCUT2D eigenvalue weighted by atomic mass is 10.1. The van der Waals surface area contributed by atoms with E-state index in [0.717, 1.165) is 5.56 Å². The number of rotatable bonds is 4. The van der Waals surface area contributed by atoms with Gasteiger partial charge in [-0.3, -0.25) is 5.32 Å². The number of aromatic hydroxyl groups is 1. The molecule has 1 aromatic rings. The number of hydrogen-bond acceptors (Lipinski definition) is 3. The van der Waals surface area contributed by atoms with Gasteiger partial charge in [0, 0.05) is 18.2 Å². The van der Waals surface area contributed by atoms with Crippen LogP contribution in [0.3, 0.4) is 0 Å². The molecule has 3 heteroatoms. The number of benzene rings is 1. The molecule has 0 aliphatic carbocycles. The van der Waals surface area contributed by atoms with Gasteiger partial charge in [-0.2, -0.15) is 0 Å². The number of hydrogen-bond donors (Lipinski definition) is 2. The minimum atomic E-state index is -0.383. The molecule has 0 aliphatic heterocycles. The molecule has 1 rings (SSSR count). The lowest BCUT2D eigenvalue weighted by molar-refractivity contribution is 0.404. The van der Waals surface area contributed by atoms with Crippen molar-refractivity contribution in [2.24, 2.45) is 0 Å². The van der Waals surface area contributed by atoms with Gasteiger partial charge >= 0.3 is 0 Å². The van der Waals surface area contributed by atoms with Gasteiger partial charge in [0.1, 0.15) is 11.5 Å². The van der Waals surface area contributed by atoms with Crippen LogP contribution in [0, 0.1) is 12.3 Å². The summed E-state index contributed by atoms with van der Waals surface area (Å²) in [4.78, 5) is 0. The van der Waals surface area contributed by atoms with Gasteiger partial charge in [0.25, 0.3) is 0 Å². The Hall–Kier alpha value is -1.66. The highest BCUT2D eigenvalue weighted by molar-refractivity contribution is 5.39. The standard InChI is InChI=1S/C13H17NO2/c1-5-13(2,3)14-9-10-6-7-11(16-4)8-12(10)15/h1,6-8,14-15H,9H2,2-4H3. The van der Waals surface area contributed by atoms with Gasteiger partial charge in [-0.05, 0) is 19.9 Å². The van der Waals surface area contributed by atoms with Crippen LogP contribution in [0.5, 0.6) is 11.5 Å². The predicted octanol–water partition coefficient (Wildman–Crippen LogP) is 1.90. The Balaban J connectivity index is 2.73. The van der Waals surface area contributed by atoms with Crippen LogP contribution in [-0.2, 0) is 6.54 Å². The summed E-state index contributed by atoms with van der Waals surface area (Å²) in [6.45, 7) is 4.34. The summed E-state index contributed by atoms with van der Waals surface area (Å²) in [6.07, 6.45) is 5.36. The zero-order valence-corrected chi connectivity index (χ0v) is 9.87. The maximum atomic E-state index is 9.72. The second-order valence-corrected chi connectivity index (χ2v) is 4.12. The van der Waals surface area contributed by atoms with E-state index in [1.165, 1.54) is 0 Å². The quantitative estimate of drug-likeness (QED) is 0.760. The van der Waals surface area contributed by atoms with Crippen molar-refractivity contribution < 1.29 is 9.84 Å². The first-order chi connectivity index (χ1) is 7.48. The Kier molecular flexibility index (Phi) is 3.81. The van der Waals surface area contributed by atoms with Crippen molar-refractivity contribution in [1.82, 2.24) is 5.32 Å². The monoisotopic (exact) mass is 219 g/mol. The van der Waals surface area contributed by atoms with Crippen molar-refractivity contribution in [2.75, 3.05) is 7.11 Å². The molecule has 16 heavy (non-hydrogen) atoms. The molecule has 0 saturated heterocycles. The molecule has 0 heterocycles. The molecule has 3 nitrogen and oxygen atoms in total. The molecule has 86 valence electrons. The first-order valence-electron chi connectivity index (χ1n) is 5.07. The second kappa shape index (κ2) is 4.91. The smallest absolute Gasteiger partial charge is 0.123 e. The average molecular weight is 219 g/mol. The number of nitrogens with one attached hydrogen (secondary N) is 1. The molecule has 0 saturated carbocycles. The van der Waals surface area contributed by atoms with Gasteiger partial charge in [-0.25, -0.2) is 0 Å². The Morgan fingerprint density at radius 3 is 2.69 bits per heavy atom. The van der Waals surface area contributed by atoms with E-state index in [0.29, 0.717) is 12.3 Å². The Bertz CT molecular complexity index is 405. The lowest BCUT2D eigenvalue weighted by Crippen LogP contribution is -2.36. The van der Waals surface area contributed by atoms with E-state index in [9.17, 15) is 5.11 Å². The highest BCUT2D eigenvalue weighted by Crippen LogP contribution is 2.23. The van der Waals surface area contributed by atoms with E-state index < -0.39 is 0 Å². The van der Waals surface area contributed by atoms with Crippen molar-refractivity contribution in [1.29, 1.82) is 0 Å². The largest absolute Gasteiger partial charge is 0.507 e. The summed E-state index contributed by atoms with van der Waals surface area (Å²) in [5.41, 5.74) is 0.413. The fraction of sp³-hybridized carbons (Fsp3) is 0.385. The summed E-state index contributed by atoms with van der Waals surface area (Å²) in [5.74, 6) is 3.48. The molecule has 0 spiro atoms. The van der Waals surface area contributed by atoms with E-state index in [1.54, 1.807) is 19.2 Å². The maximum absolute atomic E-state index is 9.72. The van der Waals surface area contributed by atoms with Crippen molar-refractivity contribution in [3.8, 4) is 23.8 Å². The highest BCUT2D eigenvalue weighted by Gasteiger charge is 2.13. The van der Waals surface area contributed by atoms with E-state index in [4.69, 9.17) is 11.2 Å². The summed E-state index contributed by atoms with van der Waals surface area (Å²) < 4.78 is 5.00. The summed E-state index contributed by atoms with van der Waals surface area (Å²) >= 11 is 0. The predicted molar refractivity (Wildman–Crippen MR) is 64.4 cm³/mol. The molecule has 0 bridgehead atoms. The number of phenols is 1. The molecular formula is C13H17NO2. The van der Waals surface area contributed by atoms with Crippen molar-refractivity contribution in [3.63, 3.8) is 0 Å². The summed E-state index contributed by atoms with van der Waals surface area (Å²) in [5, 5.41) is 12.9. The second-order valence-electron chi connectivity index (χ2n) is 4.12. The maximum Gasteiger partial charge on any atom is 0.123 e. The van der Waals surface area contributed by atoms with Crippen LogP contribution in [0.15, 0.2) is 18.2 Å². The van der Waals surface area contributed by atoms with Crippen LogP contribution in [-0.4, -0.2) is 17.8 Å². The highest BCUT2D eigenvalue weighted by atomic mass is 16.5. The van der Waals surface area contributed by atoms with Gasteiger partial charge in [-0.15, -0.1) is 6.42 Å². The molecule has 0 radical (unpaired) electrons. The van der Waals surface area contributed by atoms with Gasteiger partial charge < -0.3 is 9.84 Å².